The van der Waals surface area contributed by atoms with Crippen LogP contribution in [-0.2, 0) is 10.0 Å². The van der Waals surface area contributed by atoms with Crippen molar-refractivity contribution in [2.24, 2.45) is 5.14 Å². The van der Waals surface area contributed by atoms with Crippen molar-refractivity contribution in [3.8, 4) is 0 Å². The first-order valence-electron chi connectivity index (χ1n) is 3.50. The molecule has 0 aliphatic carbocycles. The highest BCUT2D eigenvalue weighted by Crippen LogP contribution is 2.30. The Balaban J connectivity index is 3.62. The van der Waals surface area contributed by atoms with Crippen LogP contribution in [-0.4, -0.2) is 13.4 Å². The van der Waals surface area contributed by atoms with Crippen molar-refractivity contribution < 1.29 is 17.2 Å². The number of nitrogens with zero attached hydrogens (tertiary/aromatic N) is 1. The third kappa shape index (κ3) is 2.72. The Hall–Kier alpha value is -0.550. The molecule has 4 N–H and O–H groups in total. The van der Waals surface area contributed by atoms with Gasteiger partial charge in [0.1, 0.15) is 14.4 Å². The van der Waals surface area contributed by atoms with Gasteiger partial charge < -0.3 is 5.73 Å². The SMILES string of the molecule is Nc1nc(I)cc(C(F)F)c1S(N)(=O)=O. The van der Waals surface area contributed by atoms with Crippen molar-refractivity contribution in [3.05, 3.63) is 15.3 Å². The molecule has 5 nitrogen and oxygen atoms in total. The van der Waals surface area contributed by atoms with Crippen molar-refractivity contribution in [1.29, 1.82) is 0 Å². The van der Waals surface area contributed by atoms with Gasteiger partial charge in [0.05, 0.1) is 0 Å². The molecule has 0 bridgehead atoms. The number of halogens is 3. The molecule has 0 amide bonds. The molecular weight excluding hydrogens is 343 g/mol. The maximum Gasteiger partial charge on any atom is 0.265 e. The van der Waals surface area contributed by atoms with Crippen LogP contribution in [0.25, 0.3) is 0 Å². The molecule has 0 saturated carbocycles. The first-order valence-corrected chi connectivity index (χ1v) is 6.13. The number of nitrogens with two attached hydrogens (primary N) is 2. The van der Waals surface area contributed by atoms with Crippen LogP contribution in [0.5, 0.6) is 0 Å². The number of primary sulfonamides is 1. The van der Waals surface area contributed by atoms with E-state index in [1.165, 1.54) is 0 Å². The van der Waals surface area contributed by atoms with E-state index in [0.29, 0.717) is 0 Å². The number of nitrogen functional groups attached to an aromatic ring is 1. The van der Waals surface area contributed by atoms with Gasteiger partial charge in [0, 0.05) is 5.56 Å². The molecule has 1 aromatic heterocycles. The second-order valence-corrected chi connectivity index (χ2v) is 5.20. The van der Waals surface area contributed by atoms with Crippen molar-refractivity contribution >= 4 is 38.4 Å². The lowest BCUT2D eigenvalue weighted by molar-refractivity contribution is 0.148. The summed E-state index contributed by atoms with van der Waals surface area (Å²) in [5, 5.41) is 4.76. The summed E-state index contributed by atoms with van der Waals surface area (Å²) in [4.78, 5) is 2.75. The number of hydrogen-bond acceptors (Lipinski definition) is 4. The predicted octanol–water partition coefficient (Wildman–Crippen LogP) is 0.853. The van der Waals surface area contributed by atoms with Crippen LogP contribution in [0.3, 0.4) is 0 Å². The lowest BCUT2D eigenvalue weighted by Crippen LogP contribution is -2.18. The highest BCUT2D eigenvalue weighted by atomic mass is 127. The zero-order valence-electron chi connectivity index (χ0n) is 7.12. The van der Waals surface area contributed by atoms with E-state index < -0.39 is 32.7 Å². The summed E-state index contributed by atoms with van der Waals surface area (Å²) in [5.74, 6) is -0.514. The summed E-state index contributed by atoms with van der Waals surface area (Å²) >= 11 is 1.65. The van der Waals surface area contributed by atoms with Gasteiger partial charge in [-0.25, -0.2) is 27.3 Å². The molecule has 0 aromatic carbocycles. The van der Waals surface area contributed by atoms with Gasteiger partial charge in [-0.1, -0.05) is 0 Å². The Morgan fingerprint density at radius 2 is 2.00 bits per heavy atom. The predicted molar refractivity (Wildman–Crippen MR) is 57.7 cm³/mol. The Bertz CT molecular complexity index is 491. The molecule has 0 radical (unpaired) electrons. The number of anilines is 1. The van der Waals surface area contributed by atoms with Crippen LogP contribution in [0.2, 0.25) is 0 Å². The van der Waals surface area contributed by atoms with Gasteiger partial charge in [-0.15, -0.1) is 0 Å². The molecule has 0 aliphatic heterocycles. The minimum Gasteiger partial charge on any atom is -0.383 e. The van der Waals surface area contributed by atoms with E-state index in [4.69, 9.17) is 10.9 Å². The smallest absolute Gasteiger partial charge is 0.265 e. The summed E-state index contributed by atoms with van der Waals surface area (Å²) < 4.78 is 47.2. The zero-order valence-corrected chi connectivity index (χ0v) is 10.1. The van der Waals surface area contributed by atoms with E-state index in [0.717, 1.165) is 6.07 Å². The molecule has 0 atom stereocenters. The van der Waals surface area contributed by atoms with E-state index in [1.54, 1.807) is 22.6 Å². The molecule has 9 heteroatoms. The fourth-order valence-corrected chi connectivity index (χ4v) is 2.42. The van der Waals surface area contributed by atoms with Crippen molar-refractivity contribution in [3.63, 3.8) is 0 Å². The Labute approximate surface area is 98.0 Å². The van der Waals surface area contributed by atoms with E-state index in [2.05, 4.69) is 4.98 Å². The summed E-state index contributed by atoms with van der Waals surface area (Å²) in [6.07, 6.45) is -2.97. The normalized spacial score (nSPS) is 12.1. The molecule has 15 heavy (non-hydrogen) atoms. The average molecular weight is 349 g/mol. The first kappa shape index (κ1) is 12.5. The third-order valence-electron chi connectivity index (χ3n) is 1.52. The molecule has 0 fully saturated rings. The van der Waals surface area contributed by atoms with Gasteiger partial charge in [0.25, 0.3) is 6.43 Å². The van der Waals surface area contributed by atoms with Crippen LogP contribution in [0.1, 0.15) is 12.0 Å². The molecule has 0 aliphatic rings. The summed E-state index contributed by atoms with van der Waals surface area (Å²) in [6.45, 7) is 0. The maximum atomic E-state index is 12.5. The quantitative estimate of drug-likeness (QED) is 0.611. The zero-order chi connectivity index (χ0) is 11.8. The summed E-state index contributed by atoms with van der Waals surface area (Å²) in [5.41, 5.74) is 4.51. The number of alkyl halides is 2. The van der Waals surface area contributed by atoms with E-state index >= 15 is 0 Å². The van der Waals surface area contributed by atoms with Crippen molar-refractivity contribution in [2.45, 2.75) is 11.3 Å². The van der Waals surface area contributed by atoms with Crippen LogP contribution in [0.15, 0.2) is 11.0 Å². The Morgan fingerprint density at radius 1 is 1.47 bits per heavy atom. The van der Waals surface area contributed by atoms with Crippen molar-refractivity contribution in [1.82, 2.24) is 4.98 Å². The highest BCUT2D eigenvalue weighted by molar-refractivity contribution is 14.1. The monoisotopic (exact) mass is 349 g/mol. The van der Waals surface area contributed by atoms with Crippen molar-refractivity contribution in [2.75, 3.05) is 5.73 Å². The molecule has 0 spiro atoms. The van der Waals surface area contributed by atoms with E-state index in [1.807, 2.05) is 0 Å². The number of aromatic nitrogens is 1. The van der Waals surface area contributed by atoms with Gasteiger partial charge in [-0.3, -0.25) is 0 Å². The lowest BCUT2D eigenvalue weighted by atomic mass is 10.3. The largest absolute Gasteiger partial charge is 0.383 e. The second kappa shape index (κ2) is 4.14. The van der Waals surface area contributed by atoms with Gasteiger partial charge in [0.15, 0.2) is 0 Å². The molecule has 1 rings (SSSR count). The second-order valence-electron chi connectivity index (χ2n) is 2.59. The average Bonchev–Trinajstić information content (AvgIpc) is 1.99. The molecule has 0 saturated heterocycles. The minimum absolute atomic E-state index is 0.174. The molecule has 0 unspecified atom stereocenters. The van der Waals surface area contributed by atoms with Gasteiger partial charge in [0.2, 0.25) is 10.0 Å². The third-order valence-corrected chi connectivity index (χ3v) is 3.08. The van der Waals surface area contributed by atoms with Crippen LogP contribution < -0.4 is 10.9 Å². The Kier molecular flexibility index (Phi) is 3.45. The van der Waals surface area contributed by atoms with Crippen LogP contribution in [0.4, 0.5) is 14.6 Å². The number of hydrogen-bond donors (Lipinski definition) is 2. The summed E-state index contributed by atoms with van der Waals surface area (Å²) in [7, 11) is -4.30. The highest BCUT2D eigenvalue weighted by Gasteiger charge is 2.25. The molecule has 1 heterocycles. The topological polar surface area (TPSA) is 99.1 Å². The molecule has 84 valence electrons. The van der Waals surface area contributed by atoms with Gasteiger partial charge in [-0.05, 0) is 28.7 Å². The van der Waals surface area contributed by atoms with E-state index in [-0.39, 0.29) is 3.70 Å². The standard InChI is InChI=1S/C6H6F2IN3O2S/c7-5(8)2-1-3(9)12-6(10)4(2)15(11,13)14/h1,5H,(H2,10,12)(H2,11,13,14). The number of pyridine rings is 1. The lowest BCUT2D eigenvalue weighted by Gasteiger charge is -2.09. The molecular formula is C6H6F2IN3O2S. The van der Waals surface area contributed by atoms with Crippen LogP contribution >= 0.6 is 22.6 Å². The summed E-state index contributed by atoms with van der Waals surface area (Å²) in [6, 6.07) is 0.932. The van der Waals surface area contributed by atoms with E-state index in [9.17, 15) is 17.2 Å². The van der Waals surface area contributed by atoms with Crippen LogP contribution in [0, 0.1) is 3.70 Å². The number of rotatable bonds is 2. The molecule has 1 aromatic rings. The first-order chi connectivity index (χ1) is 6.73. The fourth-order valence-electron chi connectivity index (χ4n) is 1.01. The van der Waals surface area contributed by atoms with Gasteiger partial charge in [-0.2, -0.15) is 0 Å². The minimum atomic E-state index is -4.30. The fraction of sp³-hybridized carbons (Fsp3) is 0.167. The maximum absolute atomic E-state index is 12.5. The number of sulfonamides is 1. The Morgan fingerprint density at radius 3 is 2.40 bits per heavy atom. The van der Waals surface area contributed by atoms with Gasteiger partial charge >= 0.3 is 0 Å².